The van der Waals surface area contributed by atoms with Crippen LogP contribution in [0.25, 0.3) is 0 Å². The summed E-state index contributed by atoms with van der Waals surface area (Å²) >= 11 is 6.56. The number of phenols is 1. The van der Waals surface area contributed by atoms with E-state index in [0.29, 0.717) is 11.0 Å². The molecule has 0 fully saturated rings. The first-order valence-electron chi connectivity index (χ1n) is 4.89. The molecule has 0 aliphatic rings. The lowest BCUT2D eigenvalue weighted by Gasteiger charge is -2.07. The Kier molecular flexibility index (Phi) is 3.69. The van der Waals surface area contributed by atoms with Gasteiger partial charge in [0.15, 0.2) is 0 Å². The van der Waals surface area contributed by atoms with Crippen molar-refractivity contribution in [3.8, 4) is 5.75 Å². The Labute approximate surface area is 115 Å². The molecule has 0 aliphatic heterocycles. The summed E-state index contributed by atoms with van der Waals surface area (Å²) in [7, 11) is 0. The van der Waals surface area contributed by atoms with Gasteiger partial charge in [0.05, 0.1) is 11.0 Å². The third kappa shape index (κ3) is 2.98. The lowest BCUT2D eigenvalue weighted by atomic mass is 10.2. The van der Waals surface area contributed by atoms with Crippen LogP contribution in [0, 0.1) is 0 Å². The first kappa shape index (κ1) is 12.4. The molecule has 1 N–H and O–H groups in total. The summed E-state index contributed by atoms with van der Waals surface area (Å²) in [6.45, 7) is 0.469. The maximum absolute atomic E-state index is 11.8. The molecule has 1 heterocycles. The fourth-order valence-corrected chi connectivity index (χ4v) is 2.74. The standard InChI is InChI=1S/C12H9Br2NO2/c13-9-5-11(14)12(17)15(7-9)6-8-1-3-10(16)4-2-8/h1-5,7,16H,6H2. The number of hydrogen-bond acceptors (Lipinski definition) is 2. The van der Waals surface area contributed by atoms with Gasteiger partial charge in [-0.15, -0.1) is 0 Å². The Balaban J connectivity index is 2.36. The van der Waals surface area contributed by atoms with Crippen molar-refractivity contribution in [1.29, 1.82) is 0 Å². The van der Waals surface area contributed by atoms with E-state index in [1.165, 1.54) is 0 Å². The smallest absolute Gasteiger partial charge is 0.265 e. The average molecular weight is 359 g/mol. The minimum atomic E-state index is -0.0822. The number of nitrogens with zero attached hydrogens (tertiary/aromatic N) is 1. The third-order valence-corrected chi connectivity index (χ3v) is 3.30. The molecular formula is C12H9Br2NO2. The predicted octanol–water partition coefficient (Wildman–Crippen LogP) is 3.13. The third-order valence-electron chi connectivity index (χ3n) is 2.30. The second kappa shape index (κ2) is 5.06. The average Bonchev–Trinajstić information content (AvgIpc) is 2.28. The molecule has 1 aromatic heterocycles. The molecule has 0 unspecified atom stereocenters. The number of halogens is 2. The van der Waals surface area contributed by atoms with Crippen molar-refractivity contribution in [2.24, 2.45) is 0 Å². The van der Waals surface area contributed by atoms with E-state index in [-0.39, 0.29) is 11.3 Å². The van der Waals surface area contributed by atoms with Crippen molar-refractivity contribution in [3.05, 3.63) is 61.4 Å². The summed E-state index contributed by atoms with van der Waals surface area (Å²) in [5, 5.41) is 9.18. The van der Waals surface area contributed by atoms with Gasteiger partial charge in [0, 0.05) is 10.7 Å². The van der Waals surface area contributed by atoms with Crippen LogP contribution < -0.4 is 5.56 Å². The Morgan fingerprint density at radius 1 is 1.18 bits per heavy atom. The van der Waals surface area contributed by atoms with E-state index < -0.39 is 0 Å². The predicted molar refractivity (Wildman–Crippen MR) is 73.3 cm³/mol. The van der Waals surface area contributed by atoms with E-state index >= 15 is 0 Å². The van der Waals surface area contributed by atoms with Crippen LogP contribution in [0.2, 0.25) is 0 Å². The molecule has 0 atom stereocenters. The van der Waals surface area contributed by atoms with Crippen molar-refractivity contribution in [1.82, 2.24) is 4.57 Å². The number of benzene rings is 1. The van der Waals surface area contributed by atoms with Crippen LogP contribution in [0.15, 0.2) is 50.3 Å². The Bertz CT molecular complexity index is 590. The number of hydrogen-bond donors (Lipinski definition) is 1. The lowest BCUT2D eigenvalue weighted by Crippen LogP contribution is -2.20. The molecule has 1 aromatic carbocycles. The van der Waals surface area contributed by atoms with Gasteiger partial charge >= 0.3 is 0 Å². The largest absolute Gasteiger partial charge is 0.508 e. The summed E-state index contributed by atoms with van der Waals surface area (Å²) in [6, 6.07) is 8.50. The normalized spacial score (nSPS) is 10.5. The molecule has 0 radical (unpaired) electrons. The van der Waals surface area contributed by atoms with Gasteiger partial charge < -0.3 is 9.67 Å². The van der Waals surface area contributed by atoms with Crippen molar-refractivity contribution < 1.29 is 5.11 Å². The highest BCUT2D eigenvalue weighted by Gasteiger charge is 2.04. The number of aromatic hydroxyl groups is 1. The van der Waals surface area contributed by atoms with Gasteiger partial charge in [-0.05, 0) is 55.6 Å². The zero-order chi connectivity index (χ0) is 12.4. The van der Waals surface area contributed by atoms with Gasteiger partial charge in [0.25, 0.3) is 5.56 Å². The van der Waals surface area contributed by atoms with Crippen molar-refractivity contribution in [2.45, 2.75) is 6.54 Å². The van der Waals surface area contributed by atoms with Gasteiger partial charge in [-0.3, -0.25) is 4.79 Å². The van der Waals surface area contributed by atoms with Gasteiger partial charge in [-0.2, -0.15) is 0 Å². The van der Waals surface area contributed by atoms with Crippen LogP contribution >= 0.6 is 31.9 Å². The monoisotopic (exact) mass is 357 g/mol. The van der Waals surface area contributed by atoms with Crippen LogP contribution in [0.4, 0.5) is 0 Å². The Morgan fingerprint density at radius 3 is 2.47 bits per heavy atom. The molecule has 17 heavy (non-hydrogen) atoms. The van der Waals surface area contributed by atoms with E-state index in [1.807, 2.05) is 0 Å². The molecule has 0 aliphatic carbocycles. The molecule has 0 amide bonds. The molecule has 0 saturated heterocycles. The fraction of sp³-hybridized carbons (Fsp3) is 0.0833. The topological polar surface area (TPSA) is 42.2 Å². The van der Waals surface area contributed by atoms with E-state index in [9.17, 15) is 9.90 Å². The Hall–Kier alpha value is -1.07. The van der Waals surface area contributed by atoms with E-state index in [2.05, 4.69) is 31.9 Å². The second-order valence-electron chi connectivity index (χ2n) is 3.61. The lowest BCUT2D eigenvalue weighted by molar-refractivity contribution is 0.475. The summed E-state index contributed by atoms with van der Waals surface area (Å²) < 4.78 is 2.95. The zero-order valence-corrected chi connectivity index (χ0v) is 11.9. The maximum atomic E-state index is 11.8. The summed E-state index contributed by atoms with van der Waals surface area (Å²) in [5.74, 6) is 0.219. The second-order valence-corrected chi connectivity index (χ2v) is 5.38. The highest BCUT2D eigenvalue weighted by Crippen LogP contribution is 2.15. The first-order valence-corrected chi connectivity index (χ1v) is 6.48. The van der Waals surface area contributed by atoms with Gasteiger partial charge in [0.2, 0.25) is 0 Å². The molecule has 2 aromatic rings. The molecular weight excluding hydrogens is 350 g/mol. The first-order chi connectivity index (χ1) is 8.06. The van der Waals surface area contributed by atoms with E-state index in [0.717, 1.165) is 10.0 Å². The quantitative estimate of drug-likeness (QED) is 0.896. The molecule has 0 bridgehead atoms. The SMILES string of the molecule is O=c1c(Br)cc(Br)cn1Cc1ccc(O)cc1. The number of rotatable bonds is 2. The number of phenolic OH excluding ortho intramolecular Hbond substituents is 1. The molecule has 0 saturated carbocycles. The van der Waals surface area contributed by atoms with Crippen LogP contribution in [0.1, 0.15) is 5.56 Å². The molecule has 0 spiro atoms. The highest BCUT2D eigenvalue weighted by atomic mass is 79.9. The maximum Gasteiger partial charge on any atom is 0.265 e. The molecule has 88 valence electrons. The number of pyridine rings is 1. The molecule has 2 rings (SSSR count). The van der Waals surface area contributed by atoms with E-state index in [1.54, 1.807) is 41.1 Å². The molecule has 5 heteroatoms. The van der Waals surface area contributed by atoms with Crippen molar-refractivity contribution in [3.63, 3.8) is 0 Å². The van der Waals surface area contributed by atoms with Crippen LogP contribution in [-0.2, 0) is 6.54 Å². The summed E-state index contributed by atoms with van der Waals surface area (Å²) in [5.41, 5.74) is 0.871. The summed E-state index contributed by atoms with van der Waals surface area (Å²) in [4.78, 5) is 11.8. The van der Waals surface area contributed by atoms with Gasteiger partial charge in [0.1, 0.15) is 5.75 Å². The van der Waals surface area contributed by atoms with Crippen LogP contribution in [0.5, 0.6) is 5.75 Å². The zero-order valence-electron chi connectivity index (χ0n) is 8.73. The van der Waals surface area contributed by atoms with Gasteiger partial charge in [-0.1, -0.05) is 12.1 Å². The van der Waals surface area contributed by atoms with Gasteiger partial charge in [-0.25, -0.2) is 0 Å². The molecule has 3 nitrogen and oxygen atoms in total. The van der Waals surface area contributed by atoms with Crippen molar-refractivity contribution in [2.75, 3.05) is 0 Å². The highest BCUT2D eigenvalue weighted by molar-refractivity contribution is 9.11. The van der Waals surface area contributed by atoms with Crippen molar-refractivity contribution >= 4 is 31.9 Å². The Morgan fingerprint density at radius 2 is 1.82 bits per heavy atom. The number of aromatic nitrogens is 1. The minimum Gasteiger partial charge on any atom is -0.508 e. The fourth-order valence-electron chi connectivity index (χ4n) is 1.48. The van der Waals surface area contributed by atoms with Crippen LogP contribution in [0.3, 0.4) is 0 Å². The van der Waals surface area contributed by atoms with Crippen LogP contribution in [-0.4, -0.2) is 9.67 Å². The summed E-state index contributed by atoms with van der Waals surface area (Å²) in [6.07, 6.45) is 1.74. The van der Waals surface area contributed by atoms with E-state index in [4.69, 9.17) is 0 Å². The minimum absolute atomic E-state index is 0.0822.